The van der Waals surface area contributed by atoms with Gasteiger partial charge >= 0.3 is 11.9 Å². The van der Waals surface area contributed by atoms with Gasteiger partial charge in [0.1, 0.15) is 24.7 Å². The van der Waals surface area contributed by atoms with Crippen molar-refractivity contribution >= 4 is 45.2 Å². The molecule has 4 aromatic carbocycles. The molecule has 0 aliphatic carbocycles. The minimum absolute atomic E-state index is 0.0506. The van der Waals surface area contributed by atoms with Crippen LogP contribution in [-0.2, 0) is 28.5 Å². The second kappa shape index (κ2) is 16.1. The number of carbonyl (C=O) groups excluding carboxylic acids is 2. The zero-order chi connectivity index (χ0) is 32.3. The Morgan fingerprint density at radius 1 is 0.622 bits per heavy atom. The summed E-state index contributed by atoms with van der Waals surface area (Å²) in [5.41, 5.74) is 0.578. The second-order valence-corrected chi connectivity index (χ2v) is 11.6. The highest BCUT2D eigenvalue weighted by atomic mass is 32.2. The van der Waals surface area contributed by atoms with Crippen LogP contribution in [0, 0.1) is 0 Å². The van der Waals surface area contributed by atoms with Gasteiger partial charge in [-0.1, -0.05) is 67.4 Å². The normalized spacial score (nSPS) is 12.4. The molecule has 236 valence electrons. The van der Waals surface area contributed by atoms with Gasteiger partial charge < -0.3 is 28.4 Å². The Hall–Kier alpha value is -4.31. The minimum Gasteiger partial charge on any atom is -0.488 e. The van der Waals surface area contributed by atoms with E-state index < -0.39 is 24.1 Å². The average Bonchev–Trinajstić information content (AvgIpc) is 3.03. The molecule has 0 radical (unpaired) electrons. The zero-order valence-electron chi connectivity index (χ0n) is 26.0. The van der Waals surface area contributed by atoms with Gasteiger partial charge in [-0.05, 0) is 44.2 Å². The van der Waals surface area contributed by atoms with E-state index in [1.807, 2.05) is 54.6 Å². The Morgan fingerprint density at radius 3 is 1.58 bits per heavy atom. The van der Waals surface area contributed by atoms with E-state index in [0.29, 0.717) is 11.5 Å². The van der Waals surface area contributed by atoms with E-state index in [1.54, 1.807) is 25.6 Å². The van der Waals surface area contributed by atoms with E-state index in [9.17, 15) is 9.59 Å². The first-order valence-electron chi connectivity index (χ1n) is 14.4. The van der Waals surface area contributed by atoms with Crippen LogP contribution < -0.4 is 9.47 Å². The van der Waals surface area contributed by atoms with Crippen LogP contribution in [0.25, 0.3) is 21.5 Å². The van der Waals surface area contributed by atoms with Crippen molar-refractivity contribution in [1.82, 2.24) is 0 Å². The predicted octanol–water partition coefficient (Wildman–Crippen LogP) is 7.17. The lowest BCUT2D eigenvalue weighted by molar-refractivity contribution is -0.149. The van der Waals surface area contributed by atoms with Crippen molar-refractivity contribution in [1.29, 1.82) is 0 Å². The molecule has 2 unspecified atom stereocenters. The molecule has 0 amide bonds. The van der Waals surface area contributed by atoms with Gasteiger partial charge in [-0.25, -0.2) is 9.59 Å². The third kappa shape index (κ3) is 8.88. The molecule has 0 saturated carbocycles. The molecule has 4 rings (SSSR count). The fourth-order valence-corrected chi connectivity index (χ4v) is 5.42. The van der Waals surface area contributed by atoms with E-state index in [2.05, 4.69) is 31.4 Å². The van der Waals surface area contributed by atoms with E-state index in [-0.39, 0.29) is 37.6 Å². The number of rotatable bonds is 16. The summed E-state index contributed by atoms with van der Waals surface area (Å²) in [6, 6.07) is 23.9. The fraction of sp³-hybridized carbons (Fsp3) is 0.278. The molecule has 9 heteroatoms. The number of hydrogen-bond acceptors (Lipinski definition) is 9. The number of methoxy groups -OCH3 is 2. The highest BCUT2D eigenvalue weighted by molar-refractivity contribution is 7.99. The molecule has 0 saturated heterocycles. The Morgan fingerprint density at radius 2 is 1.09 bits per heavy atom. The number of hydrogen-bond donors (Lipinski definition) is 0. The molecule has 0 aromatic heterocycles. The van der Waals surface area contributed by atoms with Crippen LogP contribution >= 0.6 is 11.8 Å². The number of carbonyl (C=O) groups is 2. The van der Waals surface area contributed by atoms with Gasteiger partial charge in [0.25, 0.3) is 0 Å². The number of esters is 2. The smallest absolute Gasteiger partial charge is 0.333 e. The van der Waals surface area contributed by atoms with Crippen LogP contribution in [0.1, 0.15) is 13.8 Å². The second-order valence-electron chi connectivity index (χ2n) is 10.5. The van der Waals surface area contributed by atoms with E-state index in [1.165, 1.54) is 14.2 Å². The third-order valence-electron chi connectivity index (χ3n) is 6.65. The summed E-state index contributed by atoms with van der Waals surface area (Å²) in [4.78, 5) is 26.7. The van der Waals surface area contributed by atoms with Crippen molar-refractivity contribution in [3.63, 3.8) is 0 Å². The van der Waals surface area contributed by atoms with Gasteiger partial charge in [0, 0.05) is 56.7 Å². The SMILES string of the molecule is C=C(C)C(=O)OC(COC)COc1c2ccccc2c(OCC(COC)OC(=O)C(=C)C)c2cc(Sc3ccccc3)ccc12. The standard InChI is InChI=1S/C36H38O8S/c1-23(2)35(37)43-25(19-39-5)21-41-33-29-14-10-11-15-30(29)34(42-22-26(20-40-6)44-36(38)24(3)4)32-18-28(16-17-31(32)33)45-27-12-8-7-9-13-27/h7-18,25-26H,1,3,19-22H2,2,4-6H3. The monoisotopic (exact) mass is 630 g/mol. The van der Waals surface area contributed by atoms with Crippen molar-refractivity contribution in [3.8, 4) is 11.5 Å². The molecule has 0 spiro atoms. The van der Waals surface area contributed by atoms with Crippen LogP contribution in [-0.4, -0.2) is 64.8 Å². The molecule has 0 heterocycles. The van der Waals surface area contributed by atoms with Crippen molar-refractivity contribution in [2.24, 2.45) is 0 Å². The number of fused-ring (bicyclic) bond motifs is 2. The maximum absolute atomic E-state index is 12.3. The lowest BCUT2D eigenvalue weighted by Gasteiger charge is -2.23. The summed E-state index contributed by atoms with van der Waals surface area (Å²) in [6.45, 7) is 10.9. The van der Waals surface area contributed by atoms with Crippen molar-refractivity contribution < 1.29 is 38.0 Å². The highest BCUT2D eigenvalue weighted by Gasteiger charge is 2.22. The average molecular weight is 631 g/mol. The van der Waals surface area contributed by atoms with Gasteiger partial charge in [0.05, 0.1) is 13.2 Å². The van der Waals surface area contributed by atoms with Gasteiger partial charge in [0.2, 0.25) is 0 Å². The molecule has 0 bridgehead atoms. The van der Waals surface area contributed by atoms with Crippen LogP contribution in [0.5, 0.6) is 11.5 Å². The quantitative estimate of drug-likeness (QED) is 0.0726. The van der Waals surface area contributed by atoms with E-state index in [4.69, 9.17) is 28.4 Å². The summed E-state index contributed by atoms with van der Waals surface area (Å²) in [5, 5.41) is 3.19. The number of benzene rings is 4. The molecule has 0 aliphatic heterocycles. The fourth-order valence-electron chi connectivity index (χ4n) is 4.54. The summed E-state index contributed by atoms with van der Waals surface area (Å²) in [5.74, 6) is 0.190. The molecule has 4 aromatic rings. The third-order valence-corrected chi connectivity index (χ3v) is 7.65. The van der Waals surface area contributed by atoms with E-state index >= 15 is 0 Å². The molecule has 8 nitrogen and oxygen atoms in total. The topological polar surface area (TPSA) is 89.5 Å². The number of ether oxygens (including phenoxy) is 6. The van der Waals surface area contributed by atoms with E-state index in [0.717, 1.165) is 31.3 Å². The maximum Gasteiger partial charge on any atom is 0.333 e. The Kier molecular flexibility index (Phi) is 12.0. The van der Waals surface area contributed by atoms with Gasteiger partial charge in [0.15, 0.2) is 12.2 Å². The predicted molar refractivity (Wildman–Crippen MR) is 176 cm³/mol. The van der Waals surface area contributed by atoms with Crippen LogP contribution in [0.3, 0.4) is 0 Å². The van der Waals surface area contributed by atoms with Crippen LogP contribution in [0.2, 0.25) is 0 Å². The molecular weight excluding hydrogens is 592 g/mol. The lowest BCUT2D eigenvalue weighted by Crippen LogP contribution is -2.30. The zero-order valence-corrected chi connectivity index (χ0v) is 26.8. The molecule has 0 N–H and O–H groups in total. The molecule has 45 heavy (non-hydrogen) atoms. The summed E-state index contributed by atoms with van der Waals surface area (Å²) < 4.78 is 34.7. The maximum atomic E-state index is 12.3. The van der Waals surface area contributed by atoms with Crippen molar-refractivity contribution in [2.45, 2.75) is 35.8 Å². The highest BCUT2D eigenvalue weighted by Crippen LogP contribution is 2.44. The van der Waals surface area contributed by atoms with Crippen molar-refractivity contribution in [3.05, 3.63) is 97.1 Å². The van der Waals surface area contributed by atoms with Gasteiger partial charge in [-0.3, -0.25) is 0 Å². The van der Waals surface area contributed by atoms with Gasteiger partial charge in [-0.15, -0.1) is 0 Å². The summed E-state index contributed by atoms with van der Waals surface area (Å²) in [7, 11) is 3.07. The Labute approximate surface area is 267 Å². The Balaban J connectivity index is 1.79. The Bertz CT molecular complexity index is 1670. The largest absolute Gasteiger partial charge is 0.488 e. The molecule has 0 fully saturated rings. The molecule has 2 atom stereocenters. The van der Waals surface area contributed by atoms with Crippen molar-refractivity contribution in [2.75, 3.05) is 40.6 Å². The summed E-state index contributed by atoms with van der Waals surface area (Å²) >= 11 is 1.62. The molecule has 0 aliphatic rings. The van der Waals surface area contributed by atoms with Crippen LogP contribution in [0.4, 0.5) is 0 Å². The van der Waals surface area contributed by atoms with Crippen LogP contribution in [0.15, 0.2) is 107 Å². The lowest BCUT2D eigenvalue weighted by atomic mass is 10.0. The first kappa shape index (κ1) is 33.6. The minimum atomic E-state index is -0.663. The first-order chi connectivity index (χ1) is 21.7. The first-order valence-corrected chi connectivity index (χ1v) is 15.2. The summed E-state index contributed by atoms with van der Waals surface area (Å²) in [6.07, 6.45) is -1.32. The molecular formula is C36H38O8S. The van der Waals surface area contributed by atoms with Gasteiger partial charge in [-0.2, -0.15) is 0 Å².